The average molecular weight is 192 g/mol. The Hall–Kier alpha value is -1.08. The third-order valence-electron chi connectivity index (χ3n) is 1.98. The van der Waals surface area contributed by atoms with Gasteiger partial charge in [0.15, 0.2) is 0 Å². The Morgan fingerprint density at radius 2 is 1.57 bits per heavy atom. The van der Waals surface area contributed by atoms with Crippen molar-refractivity contribution in [2.75, 3.05) is 27.7 Å². The van der Waals surface area contributed by atoms with Gasteiger partial charge in [0.2, 0.25) is 0 Å². The monoisotopic (exact) mass is 192 g/mol. The Bertz CT molecular complexity index is 244. The molecule has 0 aliphatic carbocycles. The first kappa shape index (κ1) is 12.9. The van der Waals surface area contributed by atoms with Gasteiger partial charge in [-0.25, -0.2) is 0 Å². The molecule has 78 valence electrons. The van der Waals surface area contributed by atoms with Crippen molar-refractivity contribution in [1.82, 2.24) is 0 Å². The summed E-state index contributed by atoms with van der Waals surface area (Å²) in [6.45, 7) is 7.02. The second-order valence-electron chi connectivity index (χ2n) is 4.22. The van der Waals surface area contributed by atoms with Gasteiger partial charge in [-0.15, -0.1) is 0 Å². The van der Waals surface area contributed by atoms with Crippen molar-refractivity contribution in [2.24, 2.45) is 0 Å². The van der Waals surface area contributed by atoms with Crippen LogP contribution in [-0.2, 0) is 0 Å². The second kappa shape index (κ2) is 6.39. The van der Waals surface area contributed by atoms with E-state index in [1.165, 1.54) is 12.1 Å². The zero-order valence-corrected chi connectivity index (χ0v) is 9.83. The molecule has 1 rings (SSSR count). The summed E-state index contributed by atoms with van der Waals surface area (Å²) in [7, 11) is 6.54. The molecule has 0 aliphatic heterocycles. The molecule has 0 N–H and O–H groups in total. The Labute approximate surface area is 88.3 Å². The maximum Gasteiger partial charge on any atom is 0.0751 e. The summed E-state index contributed by atoms with van der Waals surface area (Å²) in [6, 6.07) is 10.0. The molecule has 1 heteroatoms. The second-order valence-corrected chi connectivity index (χ2v) is 4.22. The van der Waals surface area contributed by atoms with Gasteiger partial charge in [-0.3, -0.25) is 0 Å². The summed E-state index contributed by atoms with van der Waals surface area (Å²) in [5, 5.41) is 0. The van der Waals surface area contributed by atoms with Crippen molar-refractivity contribution in [2.45, 2.75) is 6.92 Å². The van der Waals surface area contributed by atoms with Gasteiger partial charge in [0, 0.05) is 0 Å². The molecule has 1 aromatic rings. The summed E-state index contributed by atoms with van der Waals surface area (Å²) in [4.78, 5) is 0. The highest BCUT2D eigenvalue weighted by molar-refractivity contribution is 5.45. The zero-order valence-electron chi connectivity index (χ0n) is 9.83. The molecular formula is C13H22N+. The van der Waals surface area contributed by atoms with Crippen LogP contribution in [0.15, 0.2) is 36.9 Å². The molecule has 0 atom stereocenters. The van der Waals surface area contributed by atoms with Crippen LogP contribution in [0.2, 0.25) is 0 Å². The van der Waals surface area contributed by atoms with E-state index < -0.39 is 0 Å². The van der Waals surface area contributed by atoms with E-state index in [2.05, 4.69) is 34.6 Å². The van der Waals surface area contributed by atoms with Crippen LogP contribution in [0.1, 0.15) is 12.5 Å². The van der Waals surface area contributed by atoms with E-state index in [0.717, 1.165) is 4.48 Å². The van der Waals surface area contributed by atoms with Crippen LogP contribution in [-0.4, -0.2) is 32.2 Å². The summed E-state index contributed by atoms with van der Waals surface area (Å²) in [6.07, 6.45) is 1.83. The Balaban J connectivity index is 0.000000255. The lowest BCUT2D eigenvalue weighted by Crippen LogP contribution is -2.33. The van der Waals surface area contributed by atoms with Gasteiger partial charge < -0.3 is 4.48 Å². The smallest absolute Gasteiger partial charge is 0.0751 e. The van der Waals surface area contributed by atoms with Gasteiger partial charge in [0.05, 0.1) is 27.7 Å². The third kappa shape index (κ3) is 7.56. The number of nitrogens with zero attached hydrogens (tertiary/aromatic N) is 1. The van der Waals surface area contributed by atoms with Crippen LogP contribution in [0.25, 0.3) is 6.08 Å². The van der Waals surface area contributed by atoms with E-state index in [4.69, 9.17) is 0 Å². The minimum absolute atomic E-state index is 1.07. The SMILES string of the molecule is C=Cc1ccccc1.CC[N+](C)(C)C. The highest BCUT2D eigenvalue weighted by Gasteiger charge is 1.97. The fourth-order valence-electron chi connectivity index (χ4n) is 0.589. The van der Waals surface area contributed by atoms with Crippen molar-refractivity contribution in [1.29, 1.82) is 0 Å². The summed E-state index contributed by atoms with van der Waals surface area (Å²) in [5.41, 5.74) is 1.17. The fourth-order valence-corrected chi connectivity index (χ4v) is 0.589. The lowest BCUT2D eigenvalue weighted by atomic mass is 10.2. The van der Waals surface area contributed by atoms with Crippen molar-refractivity contribution in [3.05, 3.63) is 42.5 Å². The summed E-state index contributed by atoms with van der Waals surface area (Å²) in [5.74, 6) is 0. The Morgan fingerprint density at radius 3 is 1.79 bits per heavy atom. The molecule has 0 radical (unpaired) electrons. The zero-order chi connectivity index (χ0) is 11.0. The van der Waals surface area contributed by atoms with Gasteiger partial charge in [-0.2, -0.15) is 0 Å². The number of quaternary nitrogens is 1. The molecule has 0 heterocycles. The normalized spacial score (nSPS) is 10.0. The van der Waals surface area contributed by atoms with E-state index in [0.29, 0.717) is 0 Å². The van der Waals surface area contributed by atoms with Crippen LogP contribution < -0.4 is 0 Å². The van der Waals surface area contributed by atoms with Gasteiger partial charge in [-0.05, 0) is 12.5 Å². The first-order chi connectivity index (χ1) is 6.49. The molecule has 0 unspecified atom stereocenters. The third-order valence-corrected chi connectivity index (χ3v) is 1.98. The molecular weight excluding hydrogens is 170 g/mol. The van der Waals surface area contributed by atoms with Gasteiger partial charge in [0.25, 0.3) is 0 Å². The van der Waals surface area contributed by atoms with Crippen LogP contribution in [0.3, 0.4) is 0 Å². The molecule has 0 spiro atoms. The maximum atomic E-state index is 3.63. The highest BCUT2D eigenvalue weighted by atomic mass is 15.3. The topological polar surface area (TPSA) is 0 Å². The Morgan fingerprint density at radius 1 is 1.14 bits per heavy atom. The predicted molar refractivity (Wildman–Crippen MR) is 65.1 cm³/mol. The van der Waals surface area contributed by atoms with Crippen LogP contribution >= 0.6 is 0 Å². The van der Waals surface area contributed by atoms with Crippen molar-refractivity contribution in [3.63, 3.8) is 0 Å². The molecule has 0 saturated heterocycles. The fraction of sp³-hybridized carbons (Fsp3) is 0.385. The lowest BCUT2D eigenvalue weighted by molar-refractivity contribution is -0.868. The quantitative estimate of drug-likeness (QED) is 0.632. The van der Waals surface area contributed by atoms with Gasteiger partial charge >= 0.3 is 0 Å². The predicted octanol–water partition coefficient (Wildman–Crippen LogP) is 3.04. The number of benzene rings is 1. The summed E-state index contributed by atoms with van der Waals surface area (Å²) < 4.78 is 1.07. The average Bonchev–Trinajstić information content (AvgIpc) is 2.19. The number of hydrogen-bond donors (Lipinski definition) is 0. The molecule has 0 aliphatic rings. The van der Waals surface area contributed by atoms with E-state index in [1.807, 2.05) is 36.4 Å². The first-order valence-corrected chi connectivity index (χ1v) is 4.97. The number of hydrogen-bond acceptors (Lipinski definition) is 0. The van der Waals surface area contributed by atoms with E-state index in [9.17, 15) is 0 Å². The van der Waals surface area contributed by atoms with Crippen molar-refractivity contribution >= 4 is 6.08 Å². The summed E-state index contributed by atoms with van der Waals surface area (Å²) >= 11 is 0. The molecule has 1 aromatic carbocycles. The van der Waals surface area contributed by atoms with Crippen LogP contribution in [0.4, 0.5) is 0 Å². The number of rotatable bonds is 2. The van der Waals surface area contributed by atoms with Crippen LogP contribution in [0.5, 0.6) is 0 Å². The van der Waals surface area contributed by atoms with Gasteiger partial charge in [-0.1, -0.05) is 43.0 Å². The minimum Gasteiger partial charge on any atom is -0.331 e. The minimum atomic E-state index is 1.07. The largest absolute Gasteiger partial charge is 0.331 e. The molecule has 0 fully saturated rings. The van der Waals surface area contributed by atoms with E-state index >= 15 is 0 Å². The van der Waals surface area contributed by atoms with Crippen molar-refractivity contribution < 1.29 is 4.48 Å². The van der Waals surface area contributed by atoms with Gasteiger partial charge in [0.1, 0.15) is 0 Å². The Kier molecular flexibility index (Phi) is 5.89. The van der Waals surface area contributed by atoms with E-state index in [1.54, 1.807) is 0 Å². The molecule has 0 bridgehead atoms. The van der Waals surface area contributed by atoms with E-state index in [-0.39, 0.29) is 0 Å². The molecule has 1 nitrogen and oxygen atoms in total. The molecule has 14 heavy (non-hydrogen) atoms. The maximum absolute atomic E-state index is 3.63. The molecule has 0 amide bonds. The lowest BCUT2D eigenvalue weighted by Gasteiger charge is -2.20. The molecule has 0 aromatic heterocycles. The van der Waals surface area contributed by atoms with Crippen LogP contribution in [0, 0.1) is 0 Å². The molecule has 0 saturated carbocycles. The highest BCUT2D eigenvalue weighted by Crippen LogP contribution is 1.97. The van der Waals surface area contributed by atoms with Crippen molar-refractivity contribution in [3.8, 4) is 0 Å². The standard InChI is InChI=1S/C8H8.C5H14N/c1-2-8-6-4-3-5-7-8;1-5-6(2,3)4/h2-7H,1H2;5H2,1-4H3/q;+1. The first-order valence-electron chi connectivity index (χ1n) is 4.97.